The van der Waals surface area contributed by atoms with Crippen LogP contribution in [0.25, 0.3) is 10.9 Å². The van der Waals surface area contributed by atoms with Crippen molar-refractivity contribution in [1.29, 1.82) is 0 Å². The monoisotopic (exact) mass is 486 g/mol. The van der Waals surface area contributed by atoms with E-state index in [-0.39, 0.29) is 17.4 Å². The summed E-state index contributed by atoms with van der Waals surface area (Å²) in [5, 5.41) is 8.81. The van der Waals surface area contributed by atoms with E-state index < -0.39 is 5.91 Å². The molecule has 8 heteroatoms. The zero-order chi connectivity index (χ0) is 24.4. The Morgan fingerprint density at radius 1 is 1.03 bits per heavy atom. The predicted molar refractivity (Wildman–Crippen MR) is 135 cm³/mol. The zero-order valence-electron chi connectivity index (χ0n) is 19.1. The van der Waals surface area contributed by atoms with E-state index in [0.717, 1.165) is 28.5 Å². The van der Waals surface area contributed by atoms with Gasteiger partial charge in [0.1, 0.15) is 11.5 Å². The lowest BCUT2D eigenvalue weighted by Gasteiger charge is -2.13. The molecule has 2 N–H and O–H groups in total. The molecule has 0 spiro atoms. The molecular weight excluding hydrogens is 464 g/mol. The number of hydrazone groups is 1. The fourth-order valence-electron chi connectivity index (χ4n) is 4.26. The summed E-state index contributed by atoms with van der Waals surface area (Å²) in [4.78, 5) is 30.0. The fourth-order valence-corrected chi connectivity index (χ4v) is 4.46. The number of nitrogens with one attached hydrogen (secondary N) is 2. The average Bonchev–Trinajstić information content (AvgIpc) is 3.23. The van der Waals surface area contributed by atoms with Crippen LogP contribution in [-0.2, 0) is 13.0 Å². The van der Waals surface area contributed by atoms with Gasteiger partial charge >= 0.3 is 0 Å². The quantitative estimate of drug-likeness (QED) is 0.379. The summed E-state index contributed by atoms with van der Waals surface area (Å²) in [5.41, 5.74) is 6.64. The van der Waals surface area contributed by atoms with Crippen LogP contribution >= 0.6 is 11.6 Å². The van der Waals surface area contributed by atoms with Crippen molar-refractivity contribution in [3.05, 3.63) is 99.6 Å². The smallest absolute Gasteiger partial charge is 0.289 e. The van der Waals surface area contributed by atoms with E-state index in [4.69, 9.17) is 16.0 Å². The molecule has 2 amide bonds. The first-order valence-electron chi connectivity index (χ1n) is 11.4. The number of nitrogens with zero attached hydrogens (tertiary/aromatic N) is 2. The van der Waals surface area contributed by atoms with Gasteiger partial charge in [-0.3, -0.25) is 9.59 Å². The first-order valence-corrected chi connectivity index (χ1v) is 11.8. The summed E-state index contributed by atoms with van der Waals surface area (Å²) in [6, 6.07) is 18.5. The van der Waals surface area contributed by atoms with Gasteiger partial charge in [0.25, 0.3) is 11.8 Å². The number of halogens is 1. The van der Waals surface area contributed by atoms with Gasteiger partial charge in [0.05, 0.1) is 11.2 Å². The Bertz CT molecular complexity index is 1470. The molecule has 2 heterocycles. The van der Waals surface area contributed by atoms with Crippen LogP contribution in [0.5, 0.6) is 0 Å². The molecule has 2 aromatic carbocycles. The number of hydrogen-bond donors (Lipinski definition) is 2. The van der Waals surface area contributed by atoms with Gasteiger partial charge in [-0.1, -0.05) is 54.1 Å². The Morgan fingerprint density at radius 2 is 1.83 bits per heavy atom. The van der Waals surface area contributed by atoms with Crippen LogP contribution in [-0.4, -0.2) is 22.5 Å². The maximum Gasteiger partial charge on any atom is 0.289 e. The summed E-state index contributed by atoms with van der Waals surface area (Å²) in [6.45, 7) is 2.12. The molecule has 1 aliphatic carbocycles. The topological polar surface area (TPSA) is 96.6 Å². The Balaban J connectivity index is 1.34. The van der Waals surface area contributed by atoms with Gasteiger partial charge in [0.2, 0.25) is 0 Å². The van der Waals surface area contributed by atoms with Crippen molar-refractivity contribution in [2.75, 3.05) is 0 Å². The summed E-state index contributed by atoms with van der Waals surface area (Å²) < 4.78 is 5.94. The Hall–Kier alpha value is -3.97. The van der Waals surface area contributed by atoms with Crippen LogP contribution in [0.4, 0.5) is 0 Å². The lowest BCUT2D eigenvalue weighted by atomic mass is 9.93. The second-order valence-electron chi connectivity index (χ2n) is 8.37. The summed E-state index contributed by atoms with van der Waals surface area (Å²) in [5.74, 6) is 0.238. The number of fused-ring (bicyclic) bond motifs is 2. The fraction of sp³-hybridized carbons (Fsp3) is 0.185. The summed E-state index contributed by atoms with van der Waals surface area (Å²) in [7, 11) is 0. The lowest BCUT2D eigenvalue weighted by molar-refractivity contribution is 0.0918. The SMILES string of the molecule is Cc1c(C(=O)NCc2ccccc2Cl)oc2c1/C(=N/NC(=O)c1ccc3ccccc3n1)CCC2. The van der Waals surface area contributed by atoms with E-state index >= 15 is 0 Å². The van der Waals surface area contributed by atoms with E-state index in [1.165, 1.54) is 0 Å². The van der Waals surface area contributed by atoms with Gasteiger partial charge in [-0.25, -0.2) is 10.4 Å². The van der Waals surface area contributed by atoms with Crippen molar-refractivity contribution in [1.82, 2.24) is 15.7 Å². The van der Waals surface area contributed by atoms with Crippen molar-refractivity contribution in [2.45, 2.75) is 32.7 Å². The highest BCUT2D eigenvalue weighted by Crippen LogP contribution is 2.30. The van der Waals surface area contributed by atoms with Crippen LogP contribution in [0.1, 0.15) is 56.3 Å². The molecule has 0 bridgehead atoms. The third kappa shape index (κ3) is 4.68. The minimum atomic E-state index is -0.394. The van der Waals surface area contributed by atoms with E-state index in [1.807, 2.05) is 55.5 Å². The van der Waals surface area contributed by atoms with Crippen molar-refractivity contribution in [3.63, 3.8) is 0 Å². The van der Waals surface area contributed by atoms with Crippen molar-refractivity contribution < 1.29 is 14.0 Å². The molecule has 4 aromatic rings. The van der Waals surface area contributed by atoms with E-state index in [0.29, 0.717) is 41.4 Å². The molecule has 7 nitrogen and oxygen atoms in total. The molecule has 35 heavy (non-hydrogen) atoms. The number of carbonyl (C=O) groups is 2. The standard InChI is InChI=1S/C27H23ClN4O3/c1-16-24-21(31-32-26(33)22-14-13-17-7-3-5-10-20(17)30-22)11-6-12-23(24)35-25(16)27(34)29-15-18-8-2-4-9-19(18)28/h2-5,7-10,13-14H,6,11-12,15H2,1H3,(H,29,34)(H,32,33)/b31-21+. The highest BCUT2D eigenvalue weighted by atomic mass is 35.5. The second kappa shape index (κ2) is 9.72. The number of carbonyl (C=O) groups excluding carboxylic acids is 2. The summed E-state index contributed by atoms with van der Waals surface area (Å²) >= 11 is 6.19. The number of aryl methyl sites for hydroxylation is 1. The molecule has 0 atom stereocenters. The van der Waals surface area contributed by atoms with Crippen LogP contribution in [0.2, 0.25) is 5.02 Å². The molecule has 2 aromatic heterocycles. The molecule has 0 fully saturated rings. The lowest BCUT2D eigenvalue weighted by Crippen LogP contribution is -2.24. The maximum absolute atomic E-state index is 12.9. The van der Waals surface area contributed by atoms with Gasteiger partial charge < -0.3 is 9.73 Å². The normalized spacial score (nSPS) is 14.1. The van der Waals surface area contributed by atoms with Crippen LogP contribution in [0, 0.1) is 6.92 Å². The van der Waals surface area contributed by atoms with E-state index in [9.17, 15) is 9.59 Å². The number of rotatable bonds is 5. The third-order valence-corrected chi connectivity index (χ3v) is 6.42. The van der Waals surface area contributed by atoms with Gasteiger partial charge in [-0.15, -0.1) is 0 Å². The molecule has 0 saturated carbocycles. The molecule has 5 rings (SSSR count). The number of furan rings is 1. The first kappa shape index (κ1) is 22.8. The van der Waals surface area contributed by atoms with Gasteiger partial charge in [-0.2, -0.15) is 5.10 Å². The minimum Gasteiger partial charge on any atom is -0.455 e. The predicted octanol–water partition coefficient (Wildman–Crippen LogP) is 5.19. The number of amides is 2. The van der Waals surface area contributed by atoms with Crippen LogP contribution < -0.4 is 10.7 Å². The van der Waals surface area contributed by atoms with Gasteiger partial charge in [-0.05, 0) is 43.5 Å². The third-order valence-electron chi connectivity index (χ3n) is 6.05. The van der Waals surface area contributed by atoms with Crippen molar-refractivity contribution in [2.24, 2.45) is 5.10 Å². The van der Waals surface area contributed by atoms with Crippen molar-refractivity contribution >= 4 is 40.0 Å². The Morgan fingerprint density at radius 3 is 2.69 bits per heavy atom. The number of pyridine rings is 1. The highest BCUT2D eigenvalue weighted by Gasteiger charge is 2.28. The molecule has 1 aliphatic rings. The Kier molecular flexibility index (Phi) is 6.33. The molecule has 0 saturated heterocycles. The van der Waals surface area contributed by atoms with E-state index in [1.54, 1.807) is 12.1 Å². The van der Waals surface area contributed by atoms with E-state index in [2.05, 4.69) is 20.8 Å². The number of benzene rings is 2. The molecular formula is C27H23ClN4O3. The highest BCUT2D eigenvalue weighted by molar-refractivity contribution is 6.31. The minimum absolute atomic E-state index is 0.249. The van der Waals surface area contributed by atoms with Crippen molar-refractivity contribution in [3.8, 4) is 0 Å². The van der Waals surface area contributed by atoms with Gasteiger partial charge in [0.15, 0.2) is 5.76 Å². The molecule has 0 radical (unpaired) electrons. The molecule has 0 unspecified atom stereocenters. The first-order chi connectivity index (χ1) is 17.0. The summed E-state index contributed by atoms with van der Waals surface area (Å²) in [6.07, 6.45) is 2.18. The largest absolute Gasteiger partial charge is 0.455 e. The molecule has 0 aliphatic heterocycles. The maximum atomic E-state index is 12.9. The number of hydrogen-bond acceptors (Lipinski definition) is 5. The van der Waals surface area contributed by atoms with Crippen LogP contribution in [0.3, 0.4) is 0 Å². The Labute approximate surface area is 207 Å². The zero-order valence-corrected chi connectivity index (χ0v) is 19.9. The van der Waals surface area contributed by atoms with Gasteiger partial charge in [0, 0.05) is 34.5 Å². The average molecular weight is 487 g/mol. The molecule has 176 valence electrons. The number of aromatic nitrogens is 1. The number of para-hydroxylation sites is 1. The van der Waals surface area contributed by atoms with Crippen LogP contribution in [0.15, 0.2) is 70.2 Å². The second-order valence-corrected chi connectivity index (χ2v) is 8.78.